The lowest BCUT2D eigenvalue weighted by Crippen LogP contribution is -2.23. The number of aromatic nitrogens is 3. The molecule has 0 aliphatic rings. The Hall–Kier alpha value is -2.55. The fraction of sp³-hybridized carbons (Fsp3) is 0. The number of halogens is 1. The van der Waals surface area contributed by atoms with Gasteiger partial charge in [0.05, 0.1) is 4.88 Å². The number of fused-ring (bicyclic) bond motifs is 1. The molecule has 0 N–H and O–H groups in total. The van der Waals surface area contributed by atoms with Crippen LogP contribution in [0.3, 0.4) is 0 Å². The highest BCUT2D eigenvalue weighted by molar-refractivity contribution is 9.10. The third-order valence-corrected chi connectivity index (χ3v) is 6.25. The van der Waals surface area contributed by atoms with Crippen LogP contribution >= 0.6 is 38.6 Å². The first-order chi connectivity index (χ1) is 13.2. The van der Waals surface area contributed by atoms with Gasteiger partial charge in [-0.3, -0.25) is 4.79 Å². The minimum Gasteiger partial charge on any atom is -0.457 e. The summed E-state index contributed by atoms with van der Waals surface area (Å²) >= 11 is 6.31. The van der Waals surface area contributed by atoms with E-state index in [9.17, 15) is 4.79 Å². The van der Waals surface area contributed by atoms with Gasteiger partial charge in [-0.05, 0) is 35.7 Å². The molecule has 0 radical (unpaired) electrons. The SMILES string of the molecule is O=c1/c(=C\c2ccc(-c3cccc(Br)c3)o2)sc2nc(-c3cccs3)nn12. The number of furan rings is 1. The molecule has 5 aromatic rings. The lowest BCUT2D eigenvalue weighted by atomic mass is 10.2. The molecule has 0 amide bonds. The number of hydrogen-bond donors (Lipinski definition) is 0. The third-order valence-electron chi connectivity index (χ3n) is 3.93. The van der Waals surface area contributed by atoms with Gasteiger partial charge >= 0.3 is 0 Å². The smallest absolute Gasteiger partial charge is 0.291 e. The van der Waals surface area contributed by atoms with Gasteiger partial charge in [-0.1, -0.05) is 45.5 Å². The molecule has 0 saturated heterocycles. The van der Waals surface area contributed by atoms with Crippen LogP contribution in [-0.4, -0.2) is 14.6 Å². The van der Waals surface area contributed by atoms with Gasteiger partial charge < -0.3 is 4.42 Å². The first-order valence-electron chi connectivity index (χ1n) is 7.98. The fourth-order valence-corrected chi connectivity index (χ4v) is 4.64. The molecule has 1 aromatic carbocycles. The highest BCUT2D eigenvalue weighted by atomic mass is 79.9. The van der Waals surface area contributed by atoms with Crippen molar-refractivity contribution >= 4 is 49.6 Å². The summed E-state index contributed by atoms with van der Waals surface area (Å²) in [6.45, 7) is 0. The molecule has 27 heavy (non-hydrogen) atoms. The molecular formula is C19H10BrN3O2S2. The van der Waals surface area contributed by atoms with Crippen LogP contribution in [0.5, 0.6) is 0 Å². The van der Waals surface area contributed by atoms with Crippen molar-refractivity contribution in [3.8, 4) is 22.0 Å². The van der Waals surface area contributed by atoms with E-state index in [1.54, 1.807) is 17.4 Å². The molecule has 0 aliphatic heterocycles. The standard InChI is InChI=1S/C19H10BrN3O2S2/c20-12-4-1-3-11(9-12)14-7-6-13(25-14)10-16-18(24)23-19(27-16)21-17(22-23)15-5-2-8-26-15/h1-10H/b16-10+. The van der Waals surface area contributed by atoms with Gasteiger partial charge in [0.2, 0.25) is 4.96 Å². The van der Waals surface area contributed by atoms with Crippen molar-refractivity contribution in [2.24, 2.45) is 0 Å². The molecule has 5 rings (SSSR count). The molecule has 0 bridgehead atoms. The molecule has 8 heteroatoms. The number of hydrogen-bond acceptors (Lipinski definition) is 6. The number of rotatable bonds is 3. The van der Waals surface area contributed by atoms with Crippen molar-refractivity contribution in [1.82, 2.24) is 14.6 Å². The summed E-state index contributed by atoms with van der Waals surface area (Å²) in [5.41, 5.74) is 0.778. The minimum absolute atomic E-state index is 0.189. The largest absolute Gasteiger partial charge is 0.457 e. The van der Waals surface area contributed by atoms with Gasteiger partial charge in [0, 0.05) is 16.1 Å². The van der Waals surface area contributed by atoms with Gasteiger partial charge in [0.15, 0.2) is 5.82 Å². The van der Waals surface area contributed by atoms with Crippen molar-refractivity contribution < 1.29 is 4.42 Å². The Labute approximate surface area is 169 Å². The predicted molar refractivity (Wildman–Crippen MR) is 111 cm³/mol. The lowest BCUT2D eigenvalue weighted by molar-refractivity contribution is 0.571. The topological polar surface area (TPSA) is 60.4 Å². The van der Waals surface area contributed by atoms with E-state index >= 15 is 0 Å². The number of nitrogens with zero attached hydrogens (tertiary/aromatic N) is 3. The van der Waals surface area contributed by atoms with Crippen molar-refractivity contribution in [3.63, 3.8) is 0 Å². The van der Waals surface area contributed by atoms with E-state index in [0.29, 0.717) is 21.1 Å². The second-order valence-electron chi connectivity index (χ2n) is 5.74. The van der Waals surface area contributed by atoms with Crippen LogP contribution in [0.4, 0.5) is 0 Å². The van der Waals surface area contributed by atoms with Gasteiger partial charge in [-0.25, -0.2) is 0 Å². The zero-order valence-corrected chi connectivity index (χ0v) is 16.8. The molecule has 4 aromatic heterocycles. The second-order valence-corrected chi connectivity index (χ2v) is 8.61. The lowest BCUT2D eigenvalue weighted by Gasteiger charge is -1.96. The maximum Gasteiger partial charge on any atom is 0.291 e. The summed E-state index contributed by atoms with van der Waals surface area (Å²) < 4.78 is 8.75. The molecule has 0 fully saturated rings. The van der Waals surface area contributed by atoms with Crippen molar-refractivity contribution in [2.75, 3.05) is 0 Å². The van der Waals surface area contributed by atoms with Crippen molar-refractivity contribution in [2.45, 2.75) is 0 Å². The minimum atomic E-state index is -0.189. The van der Waals surface area contributed by atoms with E-state index in [1.807, 2.05) is 53.9 Å². The zero-order chi connectivity index (χ0) is 18.4. The van der Waals surface area contributed by atoms with Gasteiger partial charge in [-0.15, -0.1) is 16.4 Å². The van der Waals surface area contributed by atoms with Crippen LogP contribution in [0, 0.1) is 0 Å². The third kappa shape index (κ3) is 3.05. The molecule has 0 unspecified atom stereocenters. The maximum atomic E-state index is 12.6. The summed E-state index contributed by atoms with van der Waals surface area (Å²) in [4.78, 5) is 18.6. The summed E-state index contributed by atoms with van der Waals surface area (Å²) in [5, 5.41) is 6.30. The first kappa shape index (κ1) is 16.6. The predicted octanol–water partition coefficient (Wildman–Crippen LogP) is 4.45. The molecule has 0 aliphatic carbocycles. The molecule has 5 nitrogen and oxygen atoms in total. The number of benzene rings is 1. The molecule has 0 spiro atoms. The Kier molecular flexibility index (Phi) is 4.04. The van der Waals surface area contributed by atoms with Crippen molar-refractivity contribution in [3.05, 3.63) is 79.0 Å². The molecule has 0 saturated carbocycles. The summed E-state index contributed by atoms with van der Waals surface area (Å²) in [7, 11) is 0. The van der Waals surface area contributed by atoms with Crippen LogP contribution in [0.2, 0.25) is 0 Å². The van der Waals surface area contributed by atoms with Crippen LogP contribution in [0.15, 0.2) is 67.6 Å². The van der Waals surface area contributed by atoms with Gasteiger partial charge in [0.25, 0.3) is 5.56 Å². The Bertz CT molecular complexity index is 1370. The first-order valence-corrected chi connectivity index (χ1v) is 10.5. The monoisotopic (exact) mass is 455 g/mol. The average molecular weight is 456 g/mol. The Morgan fingerprint density at radius 2 is 2.07 bits per heavy atom. The Morgan fingerprint density at radius 1 is 1.15 bits per heavy atom. The van der Waals surface area contributed by atoms with Crippen LogP contribution in [-0.2, 0) is 0 Å². The summed E-state index contributed by atoms with van der Waals surface area (Å²) in [6, 6.07) is 15.5. The second kappa shape index (κ2) is 6.56. The maximum absolute atomic E-state index is 12.6. The quantitative estimate of drug-likeness (QED) is 0.403. The zero-order valence-electron chi connectivity index (χ0n) is 13.6. The highest BCUT2D eigenvalue weighted by Gasteiger charge is 2.13. The van der Waals surface area contributed by atoms with Crippen LogP contribution in [0.25, 0.3) is 33.1 Å². The Balaban J connectivity index is 1.54. The van der Waals surface area contributed by atoms with E-state index in [4.69, 9.17) is 4.42 Å². The summed E-state index contributed by atoms with van der Waals surface area (Å²) in [6.07, 6.45) is 1.73. The normalized spacial score (nSPS) is 12.3. The Morgan fingerprint density at radius 3 is 2.85 bits per heavy atom. The highest BCUT2D eigenvalue weighted by Crippen LogP contribution is 2.25. The molecule has 4 heterocycles. The average Bonchev–Trinajstić information content (AvgIpc) is 3.42. The van der Waals surface area contributed by atoms with Crippen LogP contribution in [0.1, 0.15) is 5.76 Å². The van der Waals surface area contributed by atoms with Gasteiger partial charge in [-0.2, -0.15) is 9.50 Å². The molecule has 132 valence electrons. The fourth-order valence-electron chi connectivity index (χ4n) is 2.70. The van der Waals surface area contributed by atoms with E-state index in [1.165, 1.54) is 15.9 Å². The summed E-state index contributed by atoms with van der Waals surface area (Å²) in [5.74, 6) is 1.94. The van der Waals surface area contributed by atoms with Crippen LogP contribution < -0.4 is 10.1 Å². The van der Waals surface area contributed by atoms with E-state index in [0.717, 1.165) is 20.7 Å². The molecule has 0 atom stereocenters. The van der Waals surface area contributed by atoms with E-state index in [2.05, 4.69) is 26.0 Å². The number of thiazole rings is 1. The number of thiophene rings is 1. The van der Waals surface area contributed by atoms with E-state index in [-0.39, 0.29) is 5.56 Å². The van der Waals surface area contributed by atoms with Gasteiger partial charge in [0.1, 0.15) is 16.1 Å². The van der Waals surface area contributed by atoms with Crippen molar-refractivity contribution in [1.29, 1.82) is 0 Å². The van der Waals surface area contributed by atoms with E-state index < -0.39 is 0 Å². The molecular weight excluding hydrogens is 446 g/mol.